The van der Waals surface area contributed by atoms with Crippen LogP contribution in [0.25, 0.3) is 0 Å². The molecule has 0 saturated carbocycles. The number of hydrogen-bond acceptors (Lipinski definition) is 10. The maximum absolute atomic E-state index is 13.2. The van der Waals surface area contributed by atoms with Crippen molar-refractivity contribution >= 4 is 40.6 Å². The second-order valence-corrected chi connectivity index (χ2v) is 12.0. The van der Waals surface area contributed by atoms with E-state index < -0.39 is 29.6 Å². The number of oxazole rings is 1. The summed E-state index contributed by atoms with van der Waals surface area (Å²) < 4.78 is 16.8. The third-order valence-electron chi connectivity index (χ3n) is 6.78. The molecule has 0 radical (unpaired) electrons. The van der Waals surface area contributed by atoms with Crippen molar-refractivity contribution in [3.63, 3.8) is 0 Å². The molecule has 0 spiro atoms. The maximum Gasteiger partial charge on any atom is 0.329 e. The average Bonchev–Trinajstić information content (AvgIpc) is 3.56. The van der Waals surface area contributed by atoms with Crippen LogP contribution in [0, 0.1) is 5.92 Å². The minimum Gasteiger partial charge on any atom is -0.473 e. The van der Waals surface area contributed by atoms with Crippen LogP contribution in [0.15, 0.2) is 27.8 Å². The first-order valence-electron chi connectivity index (χ1n) is 14.4. The lowest BCUT2D eigenvalue weighted by Crippen LogP contribution is -2.53. The van der Waals surface area contributed by atoms with E-state index in [2.05, 4.69) is 27.5 Å². The molecule has 12 heteroatoms. The molecule has 1 unspecified atom stereocenters. The molecule has 2 aliphatic rings. The van der Waals surface area contributed by atoms with Crippen LogP contribution < -0.4 is 10.6 Å². The number of hydrogen-bond donors (Lipinski definition) is 2. The molecule has 2 N–H and O–H groups in total. The van der Waals surface area contributed by atoms with Gasteiger partial charge in [0.05, 0.1) is 13.0 Å². The van der Waals surface area contributed by atoms with E-state index in [-0.39, 0.29) is 48.3 Å². The Hall–Kier alpha value is -3.15. The van der Waals surface area contributed by atoms with Gasteiger partial charge in [0, 0.05) is 12.2 Å². The fourth-order valence-electron chi connectivity index (χ4n) is 4.26. The van der Waals surface area contributed by atoms with E-state index in [1.165, 1.54) is 30.9 Å². The lowest BCUT2D eigenvalue weighted by Gasteiger charge is -2.26. The molecular formula is C29H42N4O7S. The Morgan fingerprint density at radius 2 is 2.00 bits per heavy atom. The number of rotatable bonds is 11. The predicted molar refractivity (Wildman–Crippen MR) is 155 cm³/mol. The Balaban J connectivity index is 1.66. The molecule has 2 aliphatic heterocycles. The van der Waals surface area contributed by atoms with Crippen LogP contribution in [0.4, 0.5) is 0 Å². The van der Waals surface area contributed by atoms with Crippen LogP contribution in [-0.2, 0) is 35.2 Å². The number of esters is 1. The van der Waals surface area contributed by atoms with Gasteiger partial charge in [-0.15, -0.1) is 0 Å². The molecule has 0 saturated heterocycles. The number of aromatic nitrogens is 1. The molecule has 1 aromatic heterocycles. The van der Waals surface area contributed by atoms with Gasteiger partial charge in [0.15, 0.2) is 16.3 Å². The summed E-state index contributed by atoms with van der Waals surface area (Å²) in [6, 6.07) is -0.963. The quantitative estimate of drug-likeness (QED) is 0.223. The Morgan fingerprint density at radius 1 is 1.22 bits per heavy atom. The van der Waals surface area contributed by atoms with E-state index in [0.717, 1.165) is 19.3 Å². The lowest BCUT2D eigenvalue weighted by molar-refractivity contribution is -0.153. The number of thioether (sulfide) groups is 1. The summed E-state index contributed by atoms with van der Waals surface area (Å²) in [5.74, 6) is -0.830. The summed E-state index contributed by atoms with van der Waals surface area (Å²) in [6.07, 6.45) is 10.5. The molecule has 1 aromatic rings. The molecule has 226 valence electrons. The van der Waals surface area contributed by atoms with Gasteiger partial charge in [0.25, 0.3) is 5.91 Å². The van der Waals surface area contributed by atoms with Gasteiger partial charge in [-0.2, -0.15) is 0 Å². The minimum atomic E-state index is -1.27. The Labute approximate surface area is 245 Å². The van der Waals surface area contributed by atoms with Gasteiger partial charge in [-0.25, -0.2) is 14.8 Å². The fourth-order valence-corrected chi connectivity index (χ4v) is 5.03. The molecule has 0 aliphatic carbocycles. The van der Waals surface area contributed by atoms with E-state index in [4.69, 9.17) is 13.9 Å². The third-order valence-corrected chi connectivity index (χ3v) is 7.75. The highest BCUT2D eigenvalue weighted by Gasteiger charge is 2.43. The molecule has 3 rings (SSSR count). The number of nitrogens with zero attached hydrogens (tertiary/aromatic N) is 2. The first kappa shape index (κ1) is 32.4. The van der Waals surface area contributed by atoms with Crippen LogP contribution in [0.3, 0.4) is 0 Å². The summed E-state index contributed by atoms with van der Waals surface area (Å²) in [5, 5.41) is 5.65. The fraction of sp³-hybridized carbons (Fsp3) is 0.655. The summed E-state index contributed by atoms with van der Waals surface area (Å²) in [6.45, 7) is 7.34. The van der Waals surface area contributed by atoms with Crippen molar-refractivity contribution in [2.24, 2.45) is 10.9 Å². The molecular weight excluding hydrogens is 548 g/mol. The Kier molecular flexibility index (Phi) is 12.4. The molecule has 4 bridgehead atoms. The zero-order valence-electron chi connectivity index (χ0n) is 24.4. The van der Waals surface area contributed by atoms with Crippen molar-refractivity contribution in [2.75, 3.05) is 12.4 Å². The number of fused-ring (bicyclic) bond motifs is 4. The largest absolute Gasteiger partial charge is 0.473 e. The molecule has 3 heterocycles. The first-order valence-corrected chi connectivity index (χ1v) is 15.4. The second kappa shape index (κ2) is 15.7. The van der Waals surface area contributed by atoms with Gasteiger partial charge < -0.3 is 24.5 Å². The summed E-state index contributed by atoms with van der Waals surface area (Å²) in [5.41, 5.74) is -0.955. The molecule has 0 aromatic carbocycles. The van der Waals surface area contributed by atoms with Gasteiger partial charge in [0.1, 0.15) is 25.0 Å². The lowest BCUT2D eigenvalue weighted by atomic mass is 10.00. The van der Waals surface area contributed by atoms with E-state index in [1.807, 2.05) is 6.08 Å². The van der Waals surface area contributed by atoms with Gasteiger partial charge in [-0.05, 0) is 31.8 Å². The summed E-state index contributed by atoms with van der Waals surface area (Å²) in [4.78, 5) is 60.0. The van der Waals surface area contributed by atoms with Crippen LogP contribution in [-0.4, -0.2) is 63.8 Å². The zero-order chi connectivity index (χ0) is 29.8. The third kappa shape index (κ3) is 10.0. The number of carbonyl (C=O) groups excluding carboxylic acids is 4. The smallest absolute Gasteiger partial charge is 0.329 e. The maximum atomic E-state index is 13.2. The van der Waals surface area contributed by atoms with Crippen molar-refractivity contribution < 1.29 is 33.1 Å². The second-order valence-electron chi connectivity index (χ2n) is 10.9. The molecule has 11 nitrogen and oxygen atoms in total. The molecule has 3 atom stereocenters. The SMILES string of the molecule is CCCCCCCC(=O)SCC/C=C/C1CC(=O)NCc2nc(co2)C2=N[C@@](C)(CO2)C(=O)N[C@@H](C(C)C)C(=O)O1. The van der Waals surface area contributed by atoms with Crippen LogP contribution in [0.1, 0.15) is 90.6 Å². The topological polar surface area (TPSA) is 149 Å². The van der Waals surface area contributed by atoms with Crippen molar-refractivity contribution in [3.05, 3.63) is 30.0 Å². The Morgan fingerprint density at radius 3 is 2.76 bits per heavy atom. The molecule has 41 heavy (non-hydrogen) atoms. The van der Waals surface area contributed by atoms with Crippen molar-refractivity contribution in [1.82, 2.24) is 15.6 Å². The number of aliphatic imine (C=N–C) groups is 1. The van der Waals surface area contributed by atoms with Gasteiger partial charge in [0.2, 0.25) is 17.7 Å². The summed E-state index contributed by atoms with van der Waals surface area (Å²) >= 11 is 1.29. The van der Waals surface area contributed by atoms with Gasteiger partial charge in [-0.3, -0.25) is 14.4 Å². The molecule has 0 fully saturated rings. The average molecular weight is 591 g/mol. The number of ether oxygens (including phenoxy) is 2. The van der Waals surface area contributed by atoms with Crippen molar-refractivity contribution in [3.8, 4) is 0 Å². The van der Waals surface area contributed by atoms with Crippen LogP contribution in [0.5, 0.6) is 0 Å². The van der Waals surface area contributed by atoms with Crippen molar-refractivity contribution in [2.45, 2.75) is 103 Å². The monoisotopic (exact) mass is 590 g/mol. The number of cyclic esters (lactones) is 1. The minimum absolute atomic E-state index is 0.0140. The van der Waals surface area contributed by atoms with Crippen LogP contribution >= 0.6 is 11.8 Å². The Bertz CT molecular complexity index is 1130. The number of unbranched alkanes of at least 4 members (excludes halogenated alkanes) is 4. The number of nitrogens with one attached hydrogen (secondary N) is 2. The highest BCUT2D eigenvalue weighted by Crippen LogP contribution is 2.23. The highest BCUT2D eigenvalue weighted by atomic mass is 32.2. The van der Waals surface area contributed by atoms with E-state index in [9.17, 15) is 19.2 Å². The van der Waals surface area contributed by atoms with E-state index in [0.29, 0.717) is 24.3 Å². The standard InChI is InChI=1S/C29H42N4O7S/c1-5-6-7-8-9-13-24(35)41-14-11-10-12-20-15-22(34)30-16-23-31-21(17-38-23)26-33-29(4,18-39-26)28(37)32-25(19(2)3)27(36)40-20/h10,12,17,19-20,25H,5-9,11,13-16,18H2,1-4H3,(H,30,34)(H,32,37)/b12-10+/t20?,25-,29-/m0/s1. The van der Waals surface area contributed by atoms with Crippen molar-refractivity contribution in [1.29, 1.82) is 0 Å². The number of amides is 2. The van der Waals surface area contributed by atoms with E-state index >= 15 is 0 Å². The van der Waals surface area contributed by atoms with Gasteiger partial charge in [-0.1, -0.05) is 64.3 Å². The summed E-state index contributed by atoms with van der Waals surface area (Å²) in [7, 11) is 0. The van der Waals surface area contributed by atoms with Gasteiger partial charge >= 0.3 is 5.97 Å². The zero-order valence-corrected chi connectivity index (χ0v) is 25.2. The van der Waals surface area contributed by atoms with E-state index in [1.54, 1.807) is 26.8 Å². The number of carbonyl (C=O) groups is 4. The predicted octanol–water partition coefficient (Wildman–Crippen LogP) is 3.85. The van der Waals surface area contributed by atoms with Crippen LogP contribution in [0.2, 0.25) is 0 Å². The normalized spacial score (nSPS) is 23.6. The number of allylic oxidation sites excluding steroid dienone is 1. The first-order chi connectivity index (χ1) is 19.6. The molecule has 2 amide bonds. The highest BCUT2D eigenvalue weighted by molar-refractivity contribution is 8.13.